The Morgan fingerprint density at radius 2 is 1.71 bits per heavy atom. The molecule has 0 amide bonds. The Hall–Kier alpha value is -3.42. The SMILES string of the molecule is COc1cc(C(=O)OCC(=O)c2ccc3c(c2)CCC3)c([N+](=O)[O-])cc1OC. The van der Waals surface area contributed by atoms with Crippen LogP contribution in [-0.4, -0.2) is 37.5 Å². The van der Waals surface area contributed by atoms with Crippen LogP contribution in [0.25, 0.3) is 0 Å². The van der Waals surface area contributed by atoms with E-state index < -0.39 is 23.2 Å². The van der Waals surface area contributed by atoms with Gasteiger partial charge in [-0.3, -0.25) is 14.9 Å². The molecule has 0 saturated carbocycles. The Balaban J connectivity index is 1.77. The van der Waals surface area contributed by atoms with Gasteiger partial charge in [0.1, 0.15) is 5.56 Å². The molecule has 0 atom stereocenters. The molecular formula is C20H19NO7. The molecule has 146 valence electrons. The summed E-state index contributed by atoms with van der Waals surface area (Å²) < 4.78 is 15.1. The summed E-state index contributed by atoms with van der Waals surface area (Å²) >= 11 is 0. The minimum atomic E-state index is -0.984. The second-order valence-electron chi connectivity index (χ2n) is 6.32. The Labute approximate surface area is 161 Å². The molecule has 2 aromatic carbocycles. The first kappa shape index (κ1) is 19.3. The van der Waals surface area contributed by atoms with E-state index in [1.807, 2.05) is 12.1 Å². The second kappa shape index (κ2) is 8.08. The van der Waals surface area contributed by atoms with E-state index in [0.29, 0.717) is 5.56 Å². The number of hydrogen-bond donors (Lipinski definition) is 0. The average Bonchev–Trinajstić information content (AvgIpc) is 3.18. The number of Topliss-reactive ketones (excluding diaryl/α,β-unsaturated/α-hetero) is 1. The molecule has 0 aliphatic heterocycles. The van der Waals surface area contributed by atoms with E-state index in [0.717, 1.165) is 30.9 Å². The van der Waals surface area contributed by atoms with Gasteiger partial charge in [-0.05, 0) is 36.5 Å². The van der Waals surface area contributed by atoms with Gasteiger partial charge in [-0.2, -0.15) is 0 Å². The van der Waals surface area contributed by atoms with Crippen molar-refractivity contribution in [1.82, 2.24) is 0 Å². The predicted molar refractivity (Wildman–Crippen MR) is 99.3 cm³/mol. The highest BCUT2D eigenvalue weighted by atomic mass is 16.6. The third kappa shape index (κ3) is 3.80. The zero-order valence-corrected chi connectivity index (χ0v) is 15.5. The van der Waals surface area contributed by atoms with Gasteiger partial charge in [-0.1, -0.05) is 12.1 Å². The fourth-order valence-electron chi connectivity index (χ4n) is 3.22. The van der Waals surface area contributed by atoms with Crippen molar-refractivity contribution in [2.24, 2.45) is 0 Å². The minimum Gasteiger partial charge on any atom is -0.493 e. The van der Waals surface area contributed by atoms with Crippen LogP contribution in [0.2, 0.25) is 0 Å². The lowest BCUT2D eigenvalue weighted by Gasteiger charge is -2.10. The highest BCUT2D eigenvalue weighted by Gasteiger charge is 2.26. The number of benzene rings is 2. The molecule has 28 heavy (non-hydrogen) atoms. The number of fused-ring (bicyclic) bond motifs is 1. The number of nitro benzene ring substituents is 1. The fraction of sp³-hybridized carbons (Fsp3) is 0.300. The maximum atomic E-state index is 12.4. The third-order valence-corrected chi connectivity index (χ3v) is 4.67. The van der Waals surface area contributed by atoms with E-state index in [4.69, 9.17) is 14.2 Å². The largest absolute Gasteiger partial charge is 0.493 e. The zero-order chi connectivity index (χ0) is 20.3. The van der Waals surface area contributed by atoms with Crippen molar-refractivity contribution in [2.45, 2.75) is 19.3 Å². The number of nitrogens with zero attached hydrogens (tertiary/aromatic N) is 1. The van der Waals surface area contributed by atoms with Gasteiger partial charge in [-0.25, -0.2) is 4.79 Å². The summed E-state index contributed by atoms with van der Waals surface area (Å²) in [5, 5.41) is 11.3. The van der Waals surface area contributed by atoms with Crippen LogP contribution in [0.15, 0.2) is 30.3 Å². The first-order valence-electron chi connectivity index (χ1n) is 8.67. The van der Waals surface area contributed by atoms with Crippen molar-refractivity contribution in [2.75, 3.05) is 20.8 Å². The van der Waals surface area contributed by atoms with Crippen molar-refractivity contribution in [3.63, 3.8) is 0 Å². The lowest BCUT2D eigenvalue weighted by Crippen LogP contribution is -2.16. The minimum absolute atomic E-state index is 0.111. The summed E-state index contributed by atoms with van der Waals surface area (Å²) in [7, 11) is 2.67. The third-order valence-electron chi connectivity index (χ3n) is 4.67. The van der Waals surface area contributed by atoms with Crippen LogP contribution in [0.4, 0.5) is 5.69 Å². The van der Waals surface area contributed by atoms with Gasteiger partial charge in [0.05, 0.1) is 25.2 Å². The standard InChI is InChI=1S/C20H19NO7/c1-26-18-9-15(16(21(24)25)10-19(18)27-2)20(23)28-11-17(22)14-7-6-12-4-3-5-13(12)8-14/h6-10H,3-5,11H2,1-2H3. The molecule has 1 aliphatic carbocycles. The van der Waals surface area contributed by atoms with Crippen LogP contribution in [0.1, 0.15) is 38.3 Å². The first-order chi connectivity index (χ1) is 13.4. The van der Waals surface area contributed by atoms with Gasteiger partial charge in [-0.15, -0.1) is 0 Å². The van der Waals surface area contributed by atoms with Gasteiger partial charge in [0, 0.05) is 11.6 Å². The number of hydrogen-bond acceptors (Lipinski definition) is 7. The number of carbonyl (C=O) groups excluding carboxylic acids is 2. The summed E-state index contributed by atoms with van der Waals surface area (Å²) in [6.07, 6.45) is 2.99. The van der Waals surface area contributed by atoms with Crippen molar-refractivity contribution in [1.29, 1.82) is 0 Å². The van der Waals surface area contributed by atoms with Crippen LogP contribution in [0, 0.1) is 10.1 Å². The molecular weight excluding hydrogens is 366 g/mol. The molecule has 0 spiro atoms. The summed E-state index contributed by atoms with van der Waals surface area (Å²) in [6.45, 7) is -0.511. The smallest absolute Gasteiger partial charge is 0.345 e. The van der Waals surface area contributed by atoms with Gasteiger partial charge >= 0.3 is 5.97 Å². The molecule has 0 radical (unpaired) electrons. The van der Waals surface area contributed by atoms with Crippen LogP contribution < -0.4 is 9.47 Å². The van der Waals surface area contributed by atoms with Crippen molar-refractivity contribution < 1.29 is 28.7 Å². The molecule has 0 bridgehead atoms. The topological polar surface area (TPSA) is 105 Å². The normalized spacial score (nSPS) is 12.2. The Bertz CT molecular complexity index is 952. The molecule has 8 heteroatoms. The number of ether oxygens (including phenoxy) is 3. The van der Waals surface area contributed by atoms with Crippen LogP contribution >= 0.6 is 0 Å². The number of aryl methyl sites for hydroxylation is 2. The summed E-state index contributed by atoms with van der Waals surface area (Å²) in [5.41, 5.74) is 2.01. The van der Waals surface area contributed by atoms with E-state index >= 15 is 0 Å². The molecule has 0 heterocycles. The molecule has 0 N–H and O–H groups in total. The molecule has 0 aromatic heterocycles. The predicted octanol–water partition coefficient (Wildman–Crippen LogP) is 3.14. The summed E-state index contributed by atoms with van der Waals surface area (Å²) in [4.78, 5) is 35.3. The number of methoxy groups -OCH3 is 2. The van der Waals surface area contributed by atoms with Crippen LogP contribution in [-0.2, 0) is 17.6 Å². The highest BCUT2D eigenvalue weighted by Crippen LogP contribution is 2.34. The number of esters is 1. The molecule has 0 saturated heterocycles. The van der Waals surface area contributed by atoms with Crippen molar-refractivity contribution in [3.8, 4) is 11.5 Å². The van der Waals surface area contributed by atoms with E-state index in [1.54, 1.807) is 6.07 Å². The van der Waals surface area contributed by atoms with Crippen LogP contribution in [0.5, 0.6) is 11.5 Å². The van der Waals surface area contributed by atoms with E-state index in [1.165, 1.54) is 25.8 Å². The summed E-state index contributed by atoms with van der Waals surface area (Å²) in [6, 6.07) is 7.68. The lowest BCUT2D eigenvalue weighted by molar-refractivity contribution is -0.385. The Morgan fingerprint density at radius 1 is 1.04 bits per heavy atom. The van der Waals surface area contributed by atoms with Gasteiger partial charge in [0.15, 0.2) is 23.9 Å². The van der Waals surface area contributed by atoms with E-state index in [-0.39, 0.29) is 22.8 Å². The highest BCUT2D eigenvalue weighted by molar-refractivity contribution is 6.00. The van der Waals surface area contributed by atoms with Gasteiger partial charge in [0.25, 0.3) is 5.69 Å². The monoisotopic (exact) mass is 385 g/mol. The number of rotatable bonds is 7. The average molecular weight is 385 g/mol. The summed E-state index contributed by atoms with van der Waals surface area (Å²) in [5.74, 6) is -1.10. The number of nitro groups is 1. The van der Waals surface area contributed by atoms with Crippen LogP contribution in [0.3, 0.4) is 0 Å². The molecule has 8 nitrogen and oxygen atoms in total. The van der Waals surface area contributed by atoms with Gasteiger partial charge < -0.3 is 14.2 Å². The van der Waals surface area contributed by atoms with Crippen molar-refractivity contribution in [3.05, 3.63) is 62.7 Å². The quantitative estimate of drug-likeness (QED) is 0.312. The first-order valence-corrected chi connectivity index (χ1v) is 8.67. The number of carbonyl (C=O) groups is 2. The van der Waals surface area contributed by atoms with E-state index in [9.17, 15) is 19.7 Å². The van der Waals surface area contributed by atoms with Gasteiger partial charge in [0.2, 0.25) is 0 Å². The molecule has 3 rings (SSSR count). The molecule has 2 aromatic rings. The Morgan fingerprint density at radius 3 is 2.39 bits per heavy atom. The molecule has 0 unspecified atom stereocenters. The fourth-order valence-corrected chi connectivity index (χ4v) is 3.22. The Kier molecular flexibility index (Phi) is 5.58. The maximum Gasteiger partial charge on any atom is 0.345 e. The maximum absolute atomic E-state index is 12.4. The molecule has 1 aliphatic rings. The zero-order valence-electron chi connectivity index (χ0n) is 15.5. The number of ketones is 1. The van der Waals surface area contributed by atoms with E-state index in [2.05, 4.69) is 0 Å². The second-order valence-corrected chi connectivity index (χ2v) is 6.32. The lowest BCUT2D eigenvalue weighted by atomic mass is 10.0. The van der Waals surface area contributed by atoms with Crippen molar-refractivity contribution >= 4 is 17.4 Å². The molecule has 0 fully saturated rings.